The highest BCUT2D eigenvalue weighted by molar-refractivity contribution is 7.84. The molecule has 5 nitrogen and oxygen atoms in total. The van der Waals surface area contributed by atoms with E-state index in [-0.39, 0.29) is 11.5 Å². The first kappa shape index (κ1) is 16.4. The van der Waals surface area contributed by atoms with Crippen LogP contribution in [0.5, 0.6) is 0 Å². The van der Waals surface area contributed by atoms with Gasteiger partial charge < -0.3 is 10.4 Å². The van der Waals surface area contributed by atoms with Crippen LogP contribution in [0.25, 0.3) is 0 Å². The number of carbonyl (C=O) groups is 2. The maximum atomic E-state index is 12.0. The Kier molecular flexibility index (Phi) is 6.38. The molecule has 0 spiro atoms. The van der Waals surface area contributed by atoms with Crippen molar-refractivity contribution in [3.63, 3.8) is 0 Å². The summed E-state index contributed by atoms with van der Waals surface area (Å²) >= 11 is 0. The van der Waals surface area contributed by atoms with Crippen LogP contribution in [0.15, 0.2) is 24.3 Å². The third-order valence-corrected chi connectivity index (χ3v) is 4.15. The Bertz CT molecular complexity index is 498. The number of hydrogen-bond acceptors (Lipinski definition) is 3. The molecule has 0 saturated heterocycles. The van der Waals surface area contributed by atoms with Gasteiger partial charge in [-0.2, -0.15) is 0 Å². The van der Waals surface area contributed by atoms with Gasteiger partial charge in [-0.05, 0) is 17.5 Å². The molecule has 6 heteroatoms. The molecular weight excluding hydrogens is 278 g/mol. The Morgan fingerprint density at radius 1 is 1.25 bits per heavy atom. The van der Waals surface area contributed by atoms with Crippen molar-refractivity contribution in [2.45, 2.75) is 32.1 Å². The second-order valence-electron chi connectivity index (χ2n) is 4.51. The third kappa shape index (κ3) is 5.52. The van der Waals surface area contributed by atoms with Crippen LogP contribution in [-0.4, -0.2) is 33.0 Å². The molecule has 1 rings (SSSR count). The highest BCUT2D eigenvalue weighted by Gasteiger charge is 2.21. The average Bonchev–Trinajstić information content (AvgIpc) is 2.38. The van der Waals surface area contributed by atoms with Crippen molar-refractivity contribution in [3.05, 3.63) is 35.4 Å². The highest BCUT2D eigenvalue weighted by atomic mass is 32.2. The van der Waals surface area contributed by atoms with Gasteiger partial charge in [0.05, 0.1) is 5.75 Å². The summed E-state index contributed by atoms with van der Waals surface area (Å²) < 4.78 is 12.0. The van der Waals surface area contributed by atoms with Gasteiger partial charge in [-0.25, -0.2) is 4.79 Å². The minimum absolute atomic E-state index is 0.0928. The Balaban J connectivity index is 2.60. The van der Waals surface area contributed by atoms with E-state index in [1.807, 2.05) is 24.3 Å². The van der Waals surface area contributed by atoms with Gasteiger partial charge in [-0.1, -0.05) is 31.2 Å². The number of aliphatic carboxylic acids is 1. The summed E-state index contributed by atoms with van der Waals surface area (Å²) in [6, 6.07) is 6.61. The summed E-state index contributed by atoms with van der Waals surface area (Å²) in [4.78, 5) is 21.9. The molecule has 0 bridgehead atoms. The van der Waals surface area contributed by atoms with Crippen LogP contribution in [-0.2, 0) is 32.6 Å². The zero-order chi connectivity index (χ0) is 15.1. The smallest absolute Gasteiger partial charge is 0.327 e. The molecular formula is C14H19NO4S. The van der Waals surface area contributed by atoms with Gasteiger partial charge in [0.2, 0.25) is 5.91 Å². The second-order valence-corrected chi connectivity index (χ2v) is 6.01. The minimum atomic E-state index is -1.34. The third-order valence-electron chi connectivity index (χ3n) is 2.79. The van der Waals surface area contributed by atoms with Crippen molar-refractivity contribution in [1.29, 1.82) is 0 Å². The second kappa shape index (κ2) is 7.79. The van der Waals surface area contributed by atoms with Crippen molar-refractivity contribution in [2.75, 3.05) is 5.75 Å². The number of amides is 1. The number of aryl methyl sites for hydroxylation is 1. The lowest BCUT2D eigenvalue weighted by molar-refractivity contribution is -0.140. The largest absolute Gasteiger partial charge is 0.480 e. The van der Waals surface area contributed by atoms with Crippen LogP contribution < -0.4 is 5.32 Å². The van der Waals surface area contributed by atoms with Crippen molar-refractivity contribution >= 4 is 22.7 Å². The summed E-state index contributed by atoms with van der Waals surface area (Å²) in [5.74, 6) is -1.42. The number of rotatable bonds is 7. The Morgan fingerprint density at radius 2 is 1.80 bits per heavy atom. The summed E-state index contributed by atoms with van der Waals surface area (Å²) in [7, 11) is -1.34. The molecule has 0 aromatic heterocycles. The molecule has 1 amide bonds. The molecule has 0 aliphatic carbocycles. The maximum Gasteiger partial charge on any atom is 0.327 e. The van der Waals surface area contributed by atoms with Crippen molar-refractivity contribution in [2.24, 2.45) is 0 Å². The standard InChI is InChI=1S/C14H19NO4S/c1-3-11-4-6-12(7-5-11)8-20(19)9-13(14(17)18)15-10(2)16/h4-7,13H,3,8-9H2,1-2H3,(H,15,16)(H,17,18). The molecule has 0 fully saturated rings. The highest BCUT2D eigenvalue weighted by Crippen LogP contribution is 2.08. The minimum Gasteiger partial charge on any atom is -0.480 e. The van der Waals surface area contributed by atoms with E-state index in [1.54, 1.807) is 0 Å². The van der Waals surface area contributed by atoms with E-state index in [0.717, 1.165) is 12.0 Å². The van der Waals surface area contributed by atoms with Crippen LogP contribution in [0.1, 0.15) is 25.0 Å². The molecule has 1 aromatic carbocycles. The average molecular weight is 297 g/mol. The number of carboxylic acids is 1. The predicted octanol–water partition coefficient (Wildman–Crippen LogP) is 1.09. The van der Waals surface area contributed by atoms with Gasteiger partial charge in [0.1, 0.15) is 6.04 Å². The molecule has 0 saturated carbocycles. The van der Waals surface area contributed by atoms with Gasteiger partial charge in [-0.15, -0.1) is 0 Å². The fraction of sp³-hybridized carbons (Fsp3) is 0.429. The lowest BCUT2D eigenvalue weighted by Crippen LogP contribution is -2.43. The quantitative estimate of drug-likeness (QED) is 0.789. The monoisotopic (exact) mass is 297 g/mol. The molecule has 2 N–H and O–H groups in total. The van der Waals surface area contributed by atoms with Gasteiger partial charge >= 0.3 is 5.97 Å². The molecule has 20 heavy (non-hydrogen) atoms. The SMILES string of the molecule is CCc1ccc(CS(=O)CC(NC(C)=O)C(=O)O)cc1. The number of hydrogen-bond donors (Lipinski definition) is 2. The van der Waals surface area contributed by atoms with Crippen LogP contribution in [0.3, 0.4) is 0 Å². The summed E-state index contributed by atoms with van der Waals surface area (Å²) in [6.07, 6.45) is 0.937. The summed E-state index contributed by atoms with van der Waals surface area (Å²) in [6.45, 7) is 3.29. The first-order chi connectivity index (χ1) is 9.42. The fourth-order valence-corrected chi connectivity index (χ4v) is 3.00. The van der Waals surface area contributed by atoms with Crippen molar-refractivity contribution < 1.29 is 18.9 Å². The zero-order valence-electron chi connectivity index (χ0n) is 11.6. The number of carboxylic acid groups (broad SMARTS) is 1. The molecule has 0 heterocycles. The predicted molar refractivity (Wildman–Crippen MR) is 77.8 cm³/mol. The number of nitrogens with one attached hydrogen (secondary N) is 1. The van der Waals surface area contributed by atoms with E-state index < -0.39 is 28.7 Å². The van der Waals surface area contributed by atoms with E-state index in [0.29, 0.717) is 0 Å². The van der Waals surface area contributed by atoms with E-state index in [1.165, 1.54) is 12.5 Å². The number of carbonyl (C=O) groups excluding carboxylic acids is 1. The van der Waals surface area contributed by atoms with Crippen molar-refractivity contribution in [3.8, 4) is 0 Å². The van der Waals surface area contributed by atoms with E-state index in [9.17, 15) is 13.8 Å². The fourth-order valence-electron chi connectivity index (χ4n) is 1.72. The van der Waals surface area contributed by atoms with Gasteiger partial charge in [-0.3, -0.25) is 9.00 Å². The molecule has 2 unspecified atom stereocenters. The Hall–Kier alpha value is -1.69. The van der Waals surface area contributed by atoms with E-state index in [4.69, 9.17) is 5.11 Å². The lowest BCUT2D eigenvalue weighted by atomic mass is 10.1. The van der Waals surface area contributed by atoms with Crippen molar-refractivity contribution in [1.82, 2.24) is 5.32 Å². The number of benzene rings is 1. The lowest BCUT2D eigenvalue weighted by Gasteiger charge is -2.12. The molecule has 2 atom stereocenters. The first-order valence-electron chi connectivity index (χ1n) is 6.35. The molecule has 0 radical (unpaired) electrons. The zero-order valence-corrected chi connectivity index (χ0v) is 12.4. The van der Waals surface area contributed by atoms with Gasteiger partial charge in [0.25, 0.3) is 0 Å². The Morgan fingerprint density at radius 3 is 2.25 bits per heavy atom. The molecule has 1 aromatic rings. The van der Waals surface area contributed by atoms with Crippen LogP contribution >= 0.6 is 0 Å². The maximum absolute atomic E-state index is 12.0. The van der Waals surface area contributed by atoms with Crippen LogP contribution in [0.2, 0.25) is 0 Å². The van der Waals surface area contributed by atoms with E-state index >= 15 is 0 Å². The molecule has 0 aliphatic heterocycles. The topological polar surface area (TPSA) is 83.5 Å². The van der Waals surface area contributed by atoms with Gasteiger partial charge in [0.15, 0.2) is 0 Å². The first-order valence-corrected chi connectivity index (χ1v) is 7.84. The van der Waals surface area contributed by atoms with Crippen LogP contribution in [0.4, 0.5) is 0 Å². The Labute approximate surface area is 120 Å². The summed E-state index contributed by atoms with van der Waals surface area (Å²) in [5.41, 5.74) is 2.09. The normalized spacial score (nSPS) is 13.5. The van der Waals surface area contributed by atoms with Gasteiger partial charge in [0, 0.05) is 23.5 Å². The molecule has 0 aliphatic rings. The van der Waals surface area contributed by atoms with Crippen LogP contribution in [0, 0.1) is 0 Å². The summed E-state index contributed by atoms with van der Waals surface area (Å²) in [5, 5.41) is 11.2. The van der Waals surface area contributed by atoms with E-state index in [2.05, 4.69) is 12.2 Å². The molecule has 110 valence electrons.